The fourth-order valence-electron chi connectivity index (χ4n) is 3.48. The highest BCUT2D eigenvalue weighted by Crippen LogP contribution is 2.25. The van der Waals surface area contributed by atoms with Gasteiger partial charge in [0.1, 0.15) is 0 Å². The molecular weight excluding hydrogens is 394 g/mol. The molecule has 166 valence electrons. The summed E-state index contributed by atoms with van der Waals surface area (Å²) in [6, 6.07) is 10.9. The number of hydrogen-bond donors (Lipinski definition) is 3. The van der Waals surface area contributed by atoms with Gasteiger partial charge < -0.3 is 25.5 Å². The molecule has 0 saturated carbocycles. The largest absolute Gasteiger partial charge is 0.392 e. The first-order valence-electron chi connectivity index (χ1n) is 10.7. The van der Waals surface area contributed by atoms with E-state index in [1.54, 1.807) is 37.4 Å². The summed E-state index contributed by atoms with van der Waals surface area (Å²) in [5.41, 5.74) is 2.02. The van der Waals surface area contributed by atoms with Crippen molar-refractivity contribution in [2.45, 2.75) is 32.9 Å². The minimum Gasteiger partial charge on any atom is -0.392 e. The highest BCUT2D eigenvalue weighted by atomic mass is 16.3. The summed E-state index contributed by atoms with van der Waals surface area (Å²) in [6.45, 7) is 8.60. The lowest BCUT2D eigenvalue weighted by Gasteiger charge is -2.36. The summed E-state index contributed by atoms with van der Waals surface area (Å²) in [6.07, 6.45) is 1.18. The van der Waals surface area contributed by atoms with E-state index in [-0.39, 0.29) is 18.4 Å². The smallest absolute Gasteiger partial charge is 0.253 e. The van der Waals surface area contributed by atoms with Crippen molar-refractivity contribution < 1.29 is 14.7 Å². The van der Waals surface area contributed by atoms with E-state index in [1.807, 2.05) is 17.0 Å². The van der Waals surface area contributed by atoms with E-state index in [4.69, 9.17) is 0 Å². The predicted octanol–water partition coefficient (Wildman–Crippen LogP) is 1.97. The Kier molecular flexibility index (Phi) is 7.46. The Hall–Kier alpha value is -3.13. The fourth-order valence-corrected chi connectivity index (χ4v) is 3.48. The molecule has 31 heavy (non-hydrogen) atoms. The summed E-state index contributed by atoms with van der Waals surface area (Å²) >= 11 is 0. The molecule has 1 fully saturated rings. The second-order valence-corrected chi connectivity index (χ2v) is 8.09. The summed E-state index contributed by atoms with van der Waals surface area (Å²) in [4.78, 5) is 33.5. The van der Waals surface area contributed by atoms with Crippen molar-refractivity contribution in [2.24, 2.45) is 0 Å². The third-order valence-electron chi connectivity index (χ3n) is 5.05. The zero-order chi connectivity index (χ0) is 22.4. The number of piperazine rings is 1. The van der Waals surface area contributed by atoms with Crippen LogP contribution >= 0.6 is 0 Å². The Morgan fingerprint density at radius 3 is 2.29 bits per heavy atom. The minimum atomic E-state index is -0.605. The van der Waals surface area contributed by atoms with Gasteiger partial charge in [-0.2, -0.15) is 0 Å². The second kappa shape index (κ2) is 10.3. The first kappa shape index (κ1) is 22.6. The minimum absolute atomic E-state index is 0.0443. The summed E-state index contributed by atoms with van der Waals surface area (Å²) in [7, 11) is 0. The van der Waals surface area contributed by atoms with Crippen molar-refractivity contribution >= 4 is 23.3 Å². The van der Waals surface area contributed by atoms with E-state index in [0.29, 0.717) is 43.3 Å². The maximum atomic E-state index is 12.9. The number of carbonyl (C=O) groups is 2. The van der Waals surface area contributed by atoms with Crippen LogP contribution in [0.4, 0.5) is 11.5 Å². The Morgan fingerprint density at radius 2 is 1.68 bits per heavy atom. The van der Waals surface area contributed by atoms with Gasteiger partial charge in [-0.1, -0.05) is 0 Å². The molecule has 0 radical (unpaired) electrons. The Morgan fingerprint density at radius 1 is 1.03 bits per heavy atom. The molecule has 1 aromatic heterocycles. The van der Waals surface area contributed by atoms with Gasteiger partial charge in [0.25, 0.3) is 11.8 Å². The normalized spacial score (nSPS) is 15.0. The van der Waals surface area contributed by atoms with E-state index in [0.717, 1.165) is 11.5 Å². The van der Waals surface area contributed by atoms with Gasteiger partial charge >= 0.3 is 0 Å². The quantitative estimate of drug-likeness (QED) is 0.628. The van der Waals surface area contributed by atoms with Gasteiger partial charge in [-0.25, -0.2) is 4.98 Å². The SMILES string of the molecule is CC(O)CNC(=O)c1ccc(C(=O)N2CCN(c3ncccc3NC(C)C)CC2)cc1. The molecule has 1 aromatic carbocycles. The van der Waals surface area contributed by atoms with Crippen LogP contribution in [0.25, 0.3) is 0 Å². The number of anilines is 2. The van der Waals surface area contributed by atoms with Gasteiger partial charge in [-0.15, -0.1) is 0 Å². The van der Waals surface area contributed by atoms with Gasteiger partial charge in [0.15, 0.2) is 5.82 Å². The fraction of sp³-hybridized carbons (Fsp3) is 0.435. The lowest BCUT2D eigenvalue weighted by Crippen LogP contribution is -2.49. The molecule has 2 aromatic rings. The number of nitrogens with one attached hydrogen (secondary N) is 2. The number of amides is 2. The van der Waals surface area contributed by atoms with Crippen LogP contribution in [0.5, 0.6) is 0 Å². The molecule has 1 saturated heterocycles. The molecule has 1 unspecified atom stereocenters. The second-order valence-electron chi connectivity index (χ2n) is 8.09. The molecule has 1 aliphatic rings. The summed E-state index contributed by atoms with van der Waals surface area (Å²) in [5.74, 6) is 0.600. The topological polar surface area (TPSA) is 97.8 Å². The van der Waals surface area contributed by atoms with Crippen molar-refractivity contribution in [2.75, 3.05) is 42.9 Å². The third kappa shape index (κ3) is 5.95. The zero-order valence-electron chi connectivity index (χ0n) is 18.3. The van der Waals surface area contributed by atoms with E-state index in [1.165, 1.54) is 0 Å². The summed E-state index contributed by atoms with van der Waals surface area (Å²) < 4.78 is 0. The number of pyridine rings is 1. The molecular formula is C23H31N5O3. The first-order valence-corrected chi connectivity index (χ1v) is 10.7. The molecule has 2 heterocycles. The molecule has 2 amide bonds. The van der Waals surface area contributed by atoms with Crippen molar-refractivity contribution in [3.8, 4) is 0 Å². The lowest BCUT2D eigenvalue weighted by molar-refractivity contribution is 0.0746. The van der Waals surface area contributed by atoms with Crippen LogP contribution in [-0.2, 0) is 0 Å². The van der Waals surface area contributed by atoms with Gasteiger partial charge in [-0.05, 0) is 57.2 Å². The molecule has 0 spiro atoms. The maximum Gasteiger partial charge on any atom is 0.253 e. The van der Waals surface area contributed by atoms with Gasteiger partial charge in [0.05, 0.1) is 11.8 Å². The Bertz CT molecular complexity index is 890. The number of benzene rings is 1. The highest BCUT2D eigenvalue weighted by molar-refractivity contribution is 5.98. The summed E-state index contributed by atoms with van der Waals surface area (Å²) in [5, 5.41) is 15.4. The van der Waals surface area contributed by atoms with Crippen LogP contribution < -0.4 is 15.5 Å². The molecule has 1 aliphatic heterocycles. The van der Waals surface area contributed by atoms with Gasteiger partial charge in [0.2, 0.25) is 0 Å². The van der Waals surface area contributed by atoms with Crippen LogP contribution in [-0.4, -0.2) is 71.7 Å². The number of aromatic nitrogens is 1. The molecule has 0 aliphatic carbocycles. The number of aliphatic hydroxyl groups is 1. The number of nitrogens with zero attached hydrogens (tertiary/aromatic N) is 3. The van der Waals surface area contributed by atoms with Crippen molar-refractivity contribution in [3.05, 3.63) is 53.7 Å². The predicted molar refractivity (Wildman–Crippen MR) is 122 cm³/mol. The number of hydrogen-bond acceptors (Lipinski definition) is 6. The monoisotopic (exact) mass is 425 g/mol. The van der Waals surface area contributed by atoms with Crippen molar-refractivity contribution in [3.63, 3.8) is 0 Å². The maximum absolute atomic E-state index is 12.9. The average molecular weight is 426 g/mol. The third-order valence-corrected chi connectivity index (χ3v) is 5.05. The standard InChI is InChI=1S/C23H31N5O3/c1-16(2)26-20-5-4-10-24-21(20)27-11-13-28(14-12-27)23(31)19-8-6-18(7-9-19)22(30)25-15-17(3)29/h4-10,16-17,26,29H,11-15H2,1-3H3,(H,25,30). The highest BCUT2D eigenvalue weighted by Gasteiger charge is 2.24. The number of carbonyl (C=O) groups excluding carboxylic acids is 2. The van der Waals surface area contributed by atoms with Crippen LogP contribution in [0.1, 0.15) is 41.5 Å². The van der Waals surface area contributed by atoms with Crippen LogP contribution in [0.2, 0.25) is 0 Å². The Balaban J connectivity index is 1.59. The van der Waals surface area contributed by atoms with E-state index in [2.05, 4.69) is 34.4 Å². The van der Waals surface area contributed by atoms with Crippen molar-refractivity contribution in [1.82, 2.24) is 15.2 Å². The van der Waals surface area contributed by atoms with Gasteiger partial charge in [-0.3, -0.25) is 9.59 Å². The van der Waals surface area contributed by atoms with Crippen LogP contribution in [0, 0.1) is 0 Å². The molecule has 0 bridgehead atoms. The number of aliphatic hydroxyl groups excluding tert-OH is 1. The molecule has 8 heteroatoms. The van der Waals surface area contributed by atoms with E-state index < -0.39 is 6.10 Å². The molecule has 3 rings (SSSR count). The molecule has 1 atom stereocenters. The zero-order valence-corrected chi connectivity index (χ0v) is 18.3. The molecule has 3 N–H and O–H groups in total. The van der Waals surface area contributed by atoms with Crippen molar-refractivity contribution in [1.29, 1.82) is 0 Å². The van der Waals surface area contributed by atoms with E-state index >= 15 is 0 Å². The van der Waals surface area contributed by atoms with Crippen LogP contribution in [0.3, 0.4) is 0 Å². The van der Waals surface area contributed by atoms with Crippen LogP contribution in [0.15, 0.2) is 42.6 Å². The first-order chi connectivity index (χ1) is 14.8. The average Bonchev–Trinajstić information content (AvgIpc) is 2.77. The van der Waals surface area contributed by atoms with E-state index in [9.17, 15) is 14.7 Å². The lowest BCUT2D eigenvalue weighted by atomic mass is 10.1. The molecule has 8 nitrogen and oxygen atoms in total. The van der Waals surface area contributed by atoms with Gasteiger partial charge in [0, 0.05) is 56.1 Å². The Labute approximate surface area is 183 Å². The number of rotatable bonds is 7.